The summed E-state index contributed by atoms with van der Waals surface area (Å²) in [6.45, 7) is 0.789. The zero-order valence-corrected chi connectivity index (χ0v) is 16.5. The van der Waals surface area contributed by atoms with Crippen LogP contribution in [0.25, 0.3) is 16.7 Å². The highest BCUT2D eigenvalue weighted by atomic mass is 19.1. The molecule has 6 nitrogen and oxygen atoms in total. The Morgan fingerprint density at radius 2 is 2.07 bits per heavy atom. The number of hydrogen-bond donors (Lipinski definition) is 0. The first-order chi connectivity index (χ1) is 14.8. The van der Waals surface area contributed by atoms with E-state index in [2.05, 4.69) is 31.9 Å². The molecule has 6 rings (SSSR count). The Hall–Kier alpha value is -3.27. The minimum Gasteiger partial charge on any atom is -0.347 e. The van der Waals surface area contributed by atoms with Gasteiger partial charge in [-0.2, -0.15) is 4.98 Å². The second-order valence-electron chi connectivity index (χ2n) is 8.28. The Balaban J connectivity index is 1.45. The number of nitrogens with zero attached hydrogens (tertiary/aromatic N) is 6. The summed E-state index contributed by atoms with van der Waals surface area (Å²) in [5, 5.41) is 8.59. The summed E-state index contributed by atoms with van der Waals surface area (Å²) in [6.07, 6.45) is 11.2. The molecule has 2 atom stereocenters. The normalized spacial score (nSPS) is 23.6. The third kappa shape index (κ3) is 2.71. The quantitative estimate of drug-likeness (QED) is 0.584. The van der Waals surface area contributed by atoms with Crippen LogP contribution in [-0.4, -0.2) is 38.4 Å². The molecule has 3 aliphatic rings. The lowest BCUT2D eigenvalue weighted by Gasteiger charge is -2.41. The van der Waals surface area contributed by atoms with Crippen molar-refractivity contribution >= 4 is 28.7 Å². The van der Waals surface area contributed by atoms with Crippen LogP contribution in [-0.2, 0) is 0 Å². The predicted molar refractivity (Wildman–Crippen MR) is 114 cm³/mol. The van der Waals surface area contributed by atoms with Crippen molar-refractivity contribution in [1.29, 1.82) is 0 Å². The van der Waals surface area contributed by atoms with Crippen LogP contribution < -0.4 is 4.90 Å². The molecule has 2 unspecified atom stereocenters. The fourth-order valence-electron chi connectivity index (χ4n) is 4.73. The van der Waals surface area contributed by atoms with E-state index in [1.54, 1.807) is 16.8 Å². The van der Waals surface area contributed by atoms with Gasteiger partial charge in [-0.15, -0.1) is 10.2 Å². The first-order valence-electron chi connectivity index (χ1n) is 10.6. The average molecular weight is 400 g/mol. The molecule has 30 heavy (non-hydrogen) atoms. The van der Waals surface area contributed by atoms with E-state index in [9.17, 15) is 0 Å². The van der Waals surface area contributed by atoms with Crippen LogP contribution in [0.15, 0.2) is 41.3 Å². The molecule has 0 amide bonds. The molecule has 0 N–H and O–H groups in total. The van der Waals surface area contributed by atoms with Gasteiger partial charge in [0, 0.05) is 36.4 Å². The van der Waals surface area contributed by atoms with Gasteiger partial charge in [0.25, 0.3) is 5.78 Å². The molecule has 0 bridgehead atoms. The van der Waals surface area contributed by atoms with Crippen LogP contribution in [0.3, 0.4) is 0 Å². The summed E-state index contributed by atoms with van der Waals surface area (Å²) >= 11 is 0. The number of hydrogen-bond acceptors (Lipinski definition) is 5. The molecule has 1 saturated heterocycles. The third-order valence-electron chi connectivity index (χ3n) is 6.55. The van der Waals surface area contributed by atoms with Crippen LogP contribution in [0.2, 0.25) is 0 Å². The highest BCUT2D eigenvalue weighted by Crippen LogP contribution is 2.37. The van der Waals surface area contributed by atoms with E-state index in [1.165, 1.54) is 25.3 Å². The maximum Gasteiger partial charge on any atom is 0.257 e. The lowest BCUT2D eigenvalue weighted by atomic mass is 9.81. The van der Waals surface area contributed by atoms with Crippen molar-refractivity contribution in [2.75, 3.05) is 11.4 Å². The molecule has 2 aliphatic heterocycles. The topological polar surface area (TPSA) is 58.7 Å². The van der Waals surface area contributed by atoms with Crippen LogP contribution in [0, 0.1) is 29.5 Å². The van der Waals surface area contributed by atoms with Gasteiger partial charge >= 0.3 is 0 Å². The number of fused-ring (bicyclic) bond motifs is 4. The van der Waals surface area contributed by atoms with E-state index < -0.39 is 0 Å². The van der Waals surface area contributed by atoms with Crippen molar-refractivity contribution in [3.8, 4) is 11.8 Å². The van der Waals surface area contributed by atoms with Gasteiger partial charge in [-0.05, 0) is 37.8 Å². The number of aliphatic imine (C=N–C) groups is 1. The summed E-state index contributed by atoms with van der Waals surface area (Å²) in [5.74, 6) is 8.42. The van der Waals surface area contributed by atoms with Crippen molar-refractivity contribution in [1.82, 2.24) is 19.6 Å². The summed E-state index contributed by atoms with van der Waals surface area (Å²) < 4.78 is 16.7. The van der Waals surface area contributed by atoms with E-state index in [4.69, 9.17) is 4.98 Å². The second kappa shape index (κ2) is 6.91. The van der Waals surface area contributed by atoms with Crippen molar-refractivity contribution in [3.63, 3.8) is 0 Å². The standard InChI is InChI=1S/C23H21FN6/c24-18-7-2-8-19-21(18)22(27-23-28-26-14-30(19)23)29-11-3-6-17-16(12-25-13-20(17)29)10-9-15-4-1-5-15/h2,7-8,12-15,17,20H,1,3-6,11H2. The maximum absolute atomic E-state index is 15.0. The largest absolute Gasteiger partial charge is 0.347 e. The van der Waals surface area contributed by atoms with E-state index >= 15 is 4.39 Å². The van der Waals surface area contributed by atoms with Crippen molar-refractivity contribution in [2.45, 2.75) is 38.1 Å². The molecule has 150 valence electrons. The minimum atomic E-state index is -0.291. The number of benzene rings is 1. The molecule has 0 radical (unpaired) electrons. The number of anilines is 1. The van der Waals surface area contributed by atoms with E-state index in [-0.39, 0.29) is 17.8 Å². The van der Waals surface area contributed by atoms with Gasteiger partial charge in [0.1, 0.15) is 18.0 Å². The lowest BCUT2D eigenvalue weighted by Crippen LogP contribution is -2.48. The smallest absolute Gasteiger partial charge is 0.257 e. The number of halogens is 1. The maximum atomic E-state index is 15.0. The lowest BCUT2D eigenvalue weighted by molar-refractivity contribution is 0.400. The number of aromatic nitrogens is 4. The van der Waals surface area contributed by atoms with Gasteiger partial charge in [0.05, 0.1) is 16.9 Å². The fourth-order valence-corrected chi connectivity index (χ4v) is 4.73. The highest BCUT2D eigenvalue weighted by Gasteiger charge is 2.36. The van der Waals surface area contributed by atoms with Gasteiger partial charge in [-0.1, -0.05) is 24.3 Å². The molecule has 1 saturated carbocycles. The number of rotatable bonds is 1. The highest BCUT2D eigenvalue weighted by molar-refractivity contribution is 5.93. The van der Waals surface area contributed by atoms with Crippen molar-refractivity contribution < 1.29 is 4.39 Å². The second-order valence-corrected chi connectivity index (χ2v) is 8.28. The summed E-state index contributed by atoms with van der Waals surface area (Å²) in [4.78, 5) is 11.4. The molecule has 1 aromatic carbocycles. The summed E-state index contributed by atoms with van der Waals surface area (Å²) in [6, 6.07) is 5.08. The van der Waals surface area contributed by atoms with Crippen LogP contribution >= 0.6 is 0 Å². The summed E-state index contributed by atoms with van der Waals surface area (Å²) in [5.41, 5.74) is 1.81. The molecule has 2 fully saturated rings. The monoisotopic (exact) mass is 400 g/mol. The summed E-state index contributed by atoms with van der Waals surface area (Å²) in [7, 11) is 0. The molecule has 1 aliphatic carbocycles. The van der Waals surface area contributed by atoms with Crippen LogP contribution in [0.4, 0.5) is 10.2 Å². The third-order valence-corrected chi connectivity index (χ3v) is 6.55. The van der Waals surface area contributed by atoms with Gasteiger partial charge in [-0.25, -0.2) is 4.39 Å². The Morgan fingerprint density at radius 3 is 2.93 bits per heavy atom. The number of piperidine rings is 1. The Bertz CT molecular complexity index is 1260. The Morgan fingerprint density at radius 1 is 1.13 bits per heavy atom. The van der Waals surface area contributed by atoms with Gasteiger partial charge in [-0.3, -0.25) is 9.39 Å². The SMILES string of the molecule is Fc1cccc2c1c(N1CCCC3C(C#CC4CCC4)=CN=CC31)nc1nncn12. The fraction of sp³-hybridized carbons (Fsp3) is 0.391. The molecule has 4 heterocycles. The van der Waals surface area contributed by atoms with Gasteiger partial charge < -0.3 is 4.90 Å². The van der Waals surface area contributed by atoms with E-state index in [0.29, 0.717) is 22.9 Å². The average Bonchev–Trinajstić information content (AvgIpc) is 3.21. The predicted octanol–water partition coefficient (Wildman–Crippen LogP) is 3.77. The van der Waals surface area contributed by atoms with Crippen molar-refractivity contribution in [3.05, 3.63) is 42.1 Å². The first-order valence-corrected chi connectivity index (χ1v) is 10.6. The van der Waals surface area contributed by atoms with Crippen molar-refractivity contribution in [2.24, 2.45) is 16.8 Å². The Labute approximate surface area is 173 Å². The first kappa shape index (κ1) is 17.6. The zero-order chi connectivity index (χ0) is 20.1. The zero-order valence-electron chi connectivity index (χ0n) is 16.5. The van der Waals surface area contributed by atoms with Crippen LogP contribution in [0.1, 0.15) is 32.1 Å². The van der Waals surface area contributed by atoms with Crippen LogP contribution in [0.5, 0.6) is 0 Å². The molecule has 2 aromatic heterocycles. The molecule has 0 spiro atoms. The van der Waals surface area contributed by atoms with E-state index in [1.807, 2.05) is 18.5 Å². The molecule has 3 aromatic rings. The Kier molecular flexibility index (Phi) is 4.05. The van der Waals surface area contributed by atoms with Gasteiger partial charge in [0.15, 0.2) is 0 Å². The molecule has 7 heteroatoms. The van der Waals surface area contributed by atoms with Gasteiger partial charge in [0.2, 0.25) is 0 Å². The van der Waals surface area contributed by atoms with E-state index in [0.717, 1.165) is 30.5 Å². The minimum absolute atomic E-state index is 0.00937. The molecular formula is C23H21FN6. The molecular weight excluding hydrogens is 379 g/mol.